The largest absolute Gasteiger partial charge is 0.363 e. The van der Waals surface area contributed by atoms with Crippen molar-refractivity contribution in [2.75, 3.05) is 0 Å². The third-order valence-corrected chi connectivity index (χ3v) is 6.47. The van der Waals surface area contributed by atoms with E-state index in [0.717, 1.165) is 41.9 Å². The number of pyridine rings is 1. The Morgan fingerprint density at radius 2 is 2.00 bits per heavy atom. The lowest BCUT2D eigenvalue weighted by atomic mass is 10.0. The van der Waals surface area contributed by atoms with Gasteiger partial charge in [-0.15, -0.1) is 0 Å². The highest BCUT2D eigenvalue weighted by molar-refractivity contribution is 5.94. The Bertz CT molecular complexity index is 1070. The fourth-order valence-electron chi connectivity index (χ4n) is 4.89. The van der Waals surface area contributed by atoms with Gasteiger partial charge in [-0.25, -0.2) is 0 Å². The lowest BCUT2D eigenvalue weighted by Crippen LogP contribution is -2.43. The molecule has 2 atom stereocenters. The molecule has 2 aliphatic heterocycles. The number of fused-ring (bicyclic) bond motifs is 2. The molecule has 29 heavy (non-hydrogen) atoms. The summed E-state index contributed by atoms with van der Waals surface area (Å²) in [5.74, 6) is -0.318. The van der Waals surface area contributed by atoms with Crippen molar-refractivity contribution < 1.29 is 4.79 Å². The molecule has 0 aliphatic carbocycles. The highest BCUT2D eigenvalue weighted by Gasteiger charge is 2.37. The maximum atomic E-state index is 13.0. The van der Waals surface area contributed by atoms with Crippen molar-refractivity contribution in [3.05, 3.63) is 74.7 Å². The predicted octanol–water partition coefficient (Wildman–Crippen LogP) is 3.54. The van der Waals surface area contributed by atoms with Crippen molar-refractivity contribution in [3.8, 4) is 0 Å². The second kappa shape index (κ2) is 7.21. The molecule has 152 valence electrons. The zero-order valence-electron chi connectivity index (χ0n) is 17.7. The number of carbonyl (C=O) groups is 1. The minimum absolute atomic E-state index is 0.208. The van der Waals surface area contributed by atoms with Crippen LogP contribution in [-0.4, -0.2) is 27.5 Å². The third-order valence-electron chi connectivity index (χ3n) is 6.47. The molecule has 1 amide bonds. The summed E-state index contributed by atoms with van der Waals surface area (Å²) in [6.07, 6.45) is 3.97. The standard InChI is InChI=1S/C24H29N3O2/c1-14-6-8-19(15(2)10-14)11-25-24(29)21-13-26-12-20-9-7-16(3)27(20)18(5)22(26)17(4)23(21)28/h6,8,10,13,16,20H,5,7,9,11-12H2,1-4H3,(H,25,29)/t16-,20?/m0/s1. The fraction of sp³-hybridized carbons (Fsp3) is 0.417. The Hall–Kier alpha value is -2.82. The number of rotatable bonds is 3. The molecule has 5 nitrogen and oxygen atoms in total. The van der Waals surface area contributed by atoms with Crippen LogP contribution in [0.4, 0.5) is 0 Å². The molecule has 4 rings (SSSR count). The van der Waals surface area contributed by atoms with Crippen LogP contribution >= 0.6 is 0 Å². The average molecular weight is 392 g/mol. The second-order valence-electron chi connectivity index (χ2n) is 8.54. The van der Waals surface area contributed by atoms with Crippen LogP contribution in [0, 0.1) is 20.8 Å². The Balaban J connectivity index is 1.62. The van der Waals surface area contributed by atoms with Crippen molar-refractivity contribution >= 4 is 11.6 Å². The molecule has 3 heterocycles. The Kier molecular flexibility index (Phi) is 4.85. The lowest BCUT2D eigenvalue weighted by molar-refractivity contribution is 0.0948. The summed E-state index contributed by atoms with van der Waals surface area (Å²) < 4.78 is 2.06. The number of nitrogens with one attached hydrogen (secondary N) is 1. The van der Waals surface area contributed by atoms with Crippen LogP contribution in [0.15, 0.2) is 35.8 Å². The Labute approximate surface area is 172 Å². The summed E-state index contributed by atoms with van der Waals surface area (Å²) in [6.45, 7) is 13.6. The first-order valence-electron chi connectivity index (χ1n) is 10.3. The zero-order valence-corrected chi connectivity index (χ0v) is 17.7. The molecule has 1 saturated heterocycles. The van der Waals surface area contributed by atoms with Crippen LogP contribution in [0.1, 0.15) is 58.1 Å². The van der Waals surface area contributed by atoms with Gasteiger partial charge in [-0.2, -0.15) is 0 Å². The number of aryl methyl sites for hydroxylation is 2. The smallest absolute Gasteiger partial charge is 0.257 e. The summed E-state index contributed by atoms with van der Waals surface area (Å²) in [4.78, 5) is 28.2. The molecule has 0 spiro atoms. The van der Waals surface area contributed by atoms with Gasteiger partial charge < -0.3 is 14.8 Å². The molecule has 1 unspecified atom stereocenters. The van der Waals surface area contributed by atoms with Crippen LogP contribution in [0.3, 0.4) is 0 Å². The summed E-state index contributed by atoms with van der Waals surface area (Å²) in [5.41, 5.74) is 5.76. The monoisotopic (exact) mass is 391 g/mol. The normalized spacial score (nSPS) is 20.4. The highest BCUT2D eigenvalue weighted by Crippen LogP contribution is 2.37. The number of aromatic nitrogens is 1. The number of carbonyl (C=O) groups excluding carboxylic acids is 1. The van der Waals surface area contributed by atoms with E-state index < -0.39 is 0 Å². The van der Waals surface area contributed by atoms with Gasteiger partial charge in [0.15, 0.2) is 5.43 Å². The van der Waals surface area contributed by atoms with Gasteiger partial charge in [-0.05, 0) is 51.7 Å². The summed E-state index contributed by atoms with van der Waals surface area (Å²) in [7, 11) is 0. The Morgan fingerprint density at radius 3 is 2.72 bits per heavy atom. The molecule has 1 aromatic carbocycles. The van der Waals surface area contributed by atoms with Crippen molar-refractivity contribution in [3.63, 3.8) is 0 Å². The maximum absolute atomic E-state index is 13.0. The van der Waals surface area contributed by atoms with Crippen LogP contribution in [0.25, 0.3) is 5.70 Å². The van der Waals surface area contributed by atoms with Crippen LogP contribution in [0.2, 0.25) is 0 Å². The van der Waals surface area contributed by atoms with E-state index in [0.29, 0.717) is 24.2 Å². The van der Waals surface area contributed by atoms with Gasteiger partial charge in [0.2, 0.25) is 0 Å². The van der Waals surface area contributed by atoms with Crippen LogP contribution in [-0.2, 0) is 13.1 Å². The highest BCUT2D eigenvalue weighted by atomic mass is 16.2. The summed E-state index contributed by atoms with van der Waals surface area (Å²) >= 11 is 0. The molecule has 2 aliphatic rings. The van der Waals surface area contributed by atoms with E-state index in [1.54, 1.807) is 13.1 Å². The first-order valence-corrected chi connectivity index (χ1v) is 10.3. The van der Waals surface area contributed by atoms with E-state index in [1.807, 2.05) is 26.0 Å². The van der Waals surface area contributed by atoms with Crippen molar-refractivity contribution in [1.82, 2.24) is 14.8 Å². The van der Waals surface area contributed by atoms with E-state index in [1.165, 1.54) is 5.56 Å². The first-order chi connectivity index (χ1) is 13.8. The quantitative estimate of drug-likeness (QED) is 0.871. The minimum Gasteiger partial charge on any atom is -0.363 e. The second-order valence-corrected chi connectivity index (χ2v) is 8.54. The van der Waals surface area contributed by atoms with E-state index in [4.69, 9.17) is 0 Å². The summed E-state index contributed by atoms with van der Waals surface area (Å²) in [5, 5.41) is 2.93. The number of hydrogen-bond donors (Lipinski definition) is 1. The van der Waals surface area contributed by atoms with Crippen molar-refractivity contribution in [2.24, 2.45) is 0 Å². The number of hydrogen-bond acceptors (Lipinski definition) is 3. The Morgan fingerprint density at radius 1 is 1.24 bits per heavy atom. The van der Waals surface area contributed by atoms with Gasteiger partial charge in [-0.1, -0.05) is 30.3 Å². The molecule has 5 heteroatoms. The van der Waals surface area contributed by atoms with Crippen molar-refractivity contribution in [1.29, 1.82) is 0 Å². The summed E-state index contributed by atoms with van der Waals surface area (Å²) in [6, 6.07) is 6.98. The van der Waals surface area contributed by atoms with E-state index >= 15 is 0 Å². The molecular weight excluding hydrogens is 362 g/mol. The van der Waals surface area contributed by atoms with Crippen molar-refractivity contribution in [2.45, 2.75) is 65.7 Å². The lowest BCUT2D eigenvalue weighted by Gasteiger charge is -2.39. The first kappa shape index (κ1) is 19.5. The van der Waals surface area contributed by atoms with Crippen LogP contribution in [0.5, 0.6) is 0 Å². The van der Waals surface area contributed by atoms with E-state index in [9.17, 15) is 9.59 Å². The predicted molar refractivity (Wildman–Crippen MR) is 116 cm³/mol. The molecule has 1 fully saturated rings. The van der Waals surface area contributed by atoms with Gasteiger partial charge in [0.05, 0.1) is 11.4 Å². The fourth-order valence-corrected chi connectivity index (χ4v) is 4.89. The number of nitrogens with zero attached hydrogens (tertiary/aromatic N) is 2. The van der Waals surface area contributed by atoms with Gasteiger partial charge in [0.25, 0.3) is 5.91 Å². The van der Waals surface area contributed by atoms with Gasteiger partial charge in [0, 0.05) is 36.9 Å². The molecule has 0 radical (unpaired) electrons. The zero-order chi connectivity index (χ0) is 20.9. The third kappa shape index (κ3) is 3.28. The topological polar surface area (TPSA) is 54.3 Å². The molecular formula is C24H29N3O2. The minimum atomic E-state index is -0.318. The van der Waals surface area contributed by atoms with Gasteiger partial charge >= 0.3 is 0 Å². The number of amides is 1. The van der Waals surface area contributed by atoms with Gasteiger partial charge in [0.1, 0.15) is 5.56 Å². The molecule has 1 N–H and O–H groups in total. The molecule has 0 bridgehead atoms. The van der Waals surface area contributed by atoms with Crippen LogP contribution < -0.4 is 10.7 Å². The number of benzene rings is 1. The molecule has 0 saturated carbocycles. The SMILES string of the molecule is C=C1c2c(C)c(=O)c(C(=O)NCc3ccc(C)cc3C)cn2CC2CC[C@H](C)N12. The van der Waals surface area contributed by atoms with Gasteiger partial charge in [-0.3, -0.25) is 9.59 Å². The molecule has 1 aromatic heterocycles. The van der Waals surface area contributed by atoms with E-state index in [2.05, 4.69) is 34.4 Å². The van der Waals surface area contributed by atoms with E-state index in [-0.39, 0.29) is 16.9 Å². The average Bonchev–Trinajstić information content (AvgIpc) is 3.04. The maximum Gasteiger partial charge on any atom is 0.257 e. The molecule has 2 aromatic rings.